The lowest BCUT2D eigenvalue weighted by molar-refractivity contribution is 0.304. The number of rotatable bonds is 11. The van der Waals surface area contributed by atoms with E-state index in [0.717, 1.165) is 30.5 Å². The number of benzene rings is 2. The first kappa shape index (κ1) is 21.2. The van der Waals surface area contributed by atoms with Gasteiger partial charge in [-0.05, 0) is 42.8 Å². The summed E-state index contributed by atoms with van der Waals surface area (Å²) in [6, 6.07) is 11.2. The fourth-order valence-electron chi connectivity index (χ4n) is 2.98. The molecule has 1 aromatic heterocycles. The standard InChI is InChI=1S/C23H26F2N2OS/c1-2-3-4-5-6-7-14-28-19-11-9-18(10-12-19)26-23-27-22(16-29-23)20-13-8-17(24)15-21(20)25/h8-13,15-16H,2-7,14H2,1H3,(H,26,27). The number of anilines is 2. The van der Waals surface area contributed by atoms with Crippen LogP contribution in [0.2, 0.25) is 0 Å². The van der Waals surface area contributed by atoms with E-state index in [1.54, 1.807) is 5.38 Å². The summed E-state index contributed by atoms with van der Waals surface area (Å²) in [6.45, 7) is 2.96. The van der Waals surface area contributed by atoms with Gasteiger partial charge in [0, 0.05) is 22.7 Å². The summed E-state index contributed by atoms with van der Waals surface area (Å²) < 4.78 is 32.8. The lowest BCUT2D eigenvalue weighted by Crippen LogP contribution is -1.97. The predicted octanol–water partition coefficient (Wildman–Crippen LogP) is 7.57. The highest BCUT2D eigenvalue weighted by molar-refractivity contribution is 7.14. The highest BCUT2D eigenvalue weighted by atomic mass is 32.1. The topological polar surface area (TPSA) is 34.1 Å². The maximum atomic E-state index is 13.9. The van der Waals surface area contributed by atoms with Crippen molar-refractivity contribution in [3.63, 3.8) is 0 Å². The van der Waals surface area contributed by atoms with Crippen molar-refractivity contribution >= 4 is 22.2 Å². The van der Waals surface area contributed by atoms with Crippen molar-refractivity contribution < 1.29 is 13.5 Å². The van der Waals surface area contributed by atoms with Crippen molar-refractivity contribution in [3.8, 4) is 17.0 Å². The second-order valence-corrected chi connectivity index (χ2v) is 7.79. The van der Waals surface area contributed by atoms with E-state index in [2.05, 4.69) is 17.2 Å². The first-order valence-corrected chi connectivity index (χ1v) is 10.9. The lowest BCUT2D eigenvalue weighted by atomic mass is 10.1. The molecule has 0 saturated heterocycles. The number of halogens is 2. The Bertz CT molecular complexity index is 896. The van der Waals surface area contributed by atoms with Crippen LogP contribution in [0, 0.1) is 11.6 Å². The predicted molar refractivity (Wildman–Crippen MR) is 116 cm³/mol. The minimum atomic E-state index is -0.617. The van der Waals surface area contributed by atoms with Crippen LogP contribution < -0.4 is 10.1 Å². The molecule has 3 nitrogen and oxygen atoms in total. The molecule has 0 aliphatic rings. The average Bonchev–Trinajstić information content (AvgIpc) is 3.16. The minimum absolute atomic E-state index is 0.286. The van der Waals surface area contributed by atoms with E-state index in [9.17, 15) is 8.78 Å². The molecule has 1 heterocycles. The van der Waals surface area contributed by atoms with E-state index in [4.69, 9.17) is 4.74 Å². The van der Waals surface area contributed by atoms with E-state index < -0.39 is 11.6 Å². The molecule has 0 radical (unpaired) electrons. The molecule has 1 N–H and O–H groups in total. The number of ether oxygens (including phenoxy) is 1. The van der Waals surface area contributed by atoms with Crippen LogP contribution in [-0.2, 0) is 0 Å². The Morgan fingerprint density at radius 3 is 2.48 bits per heavy atom. The molecule has 3 aromatic rings. The lowest BCUT2D eigenvalue weighted by Gasteiger charge is -2.08. The average molecular weight is 417 g/mol. The summed E-state index contributed by atoms with van der Waals surface area (Å²) in [5, 5.41) is 5.59. The molecule has 154 valence electrons. The summed E-state index contributed by atoms with van der Waals surface area (Å²) >= 11 is 1.37. The summed E-state index contributed by atoms with van der Waals surface area (Å²) in [6.07, 6.45) is 7.45. The van der Waals surface area contributed by atoms with Gasteiger partial charge >= 0.3 is 0 Å². The molecule has 0 saturated carbocycles. The van der Waals surface area contributed by atoms with Gasteiger partial charge in [0.05, 0.1) is 12.3 Å². The number of unbranched alkanes of at least 4 members (excludes halogenated alkanes) is 5. The minimum Gasteiger partial charge on any atom is -0.494 e. The molecule has 0 spiro atoms. The van der Waals surface area contributed by atoms with Crippen LogP contribution in [0.5, 0.6) is 5.75 Å². The number of nitrogens with one attached hydrogen (secondary N) is 1. The zero-order valence-corrected chi connectivity index (χ0v) is 17.4. The van der Waals surface area contributed by atoms with E-state index >= 15 is 0 Å². The second-order valence-electron chi connectivity index (χ2n) is 6.93. The van der Waals surface area contributed by atoms with E-state index in [0.29, 0.717) is 10.8 Å². The Balaban J connectivity index is 1.48. The zero-order valence-electron chi connectivity index (χ0n) is 16.6. The summed E-state index contributed by atoms with van der Waals surface area (Å²) in [5.41, 5.74) is 1.64. The molecule has 0 atom stereocenters. The van der Waals surface area contributed by atoms with Gasteiger partial charge in [-0.3, -0.25) is 0 Å². The van der Waals surface area contributed by atoms with Gasteiger partial charge in [0.15, 0.2) is 5.13 Å². The van der Waals surface area contributed by atoms with Crippen molar-refractivity contribution in [3.05, 3.63) is 59.5 Å². The number of thiazole rings is 1. The third-order valence-electron chi connectivity index (χ3n) is 4.58. The maximum absolute atomic E-state index is 13.9. The van der Waals surface area contributed by atoms with Crippen LogP contribution >= 0.6 is 11.3 Å². The fourth-order valence-corrected chi connectivity index (χ4v) is 3.71. The Kier molecular flexibility index (Phi) is 7.99. The third kappa shape index (κ3) is 6.53. The van der Waals surface area contributed by atoms with Crippen LogP contribution in [0.25, 0.3) is 11.3 Å². The van der Waals surface area contributed by atoms with E-state index in [-0.39, 0.29) is 5.56 Å². The number of nitrogens with zero attached hydrogens (tertiary/aromatic N) is 1. The van der Waals surface area contributed by atoms with Crippen molar-refractivity contribution in [2.75, 3.05) is 11.9 Å². The molecule has 0 amide bonds. The van der Waals surface area contributed by atoms with Gasteiger partial charge in [-0.1, -0.05) is 39.0 Å². The zero-order chi connectivity index (χ0) is 20.5. The molecule has 3 rings (SSSR count). The molecule has 0 bridgehead atoms. The molecule has 0 fully saturated rings. The van der Waals surface area contributed by atoms with Gasteiger partial charge in [-0.25, -0.2) is 13.8 Å². The molecule has 29 heavy (non-hydrogen) atoms. The number of hydrogen-bond acceptors (Lipinski definition) is 4. The quantitative estimate of drug-likeness (QED) is 0.327. The van der Waals surface area contributed by atoms with Gasteiger partial charge in [-0.2, -0.15) is 0 Å². The first-order valence-electron chi connectivity index (χ1n) is 10.1. The van der Waals surface area contributed by atoms with Crippen LogP contribution in [0.1, 0.15) is 45.4 Å². The van der Waals surface area contributed by atoms with Crippen molar-refractivity contribution in [1.82, 2.24) is 4.98 Å². The molecule has 0 unspecified atom stereocenters. The van der Waals surface area contributed by atoms with Crippen LogP contribution in [0.3, 0.4) is 0 Å². The number of hydrogen-bond donors (Lipinski definition) is 1. The largest absolute Gasteiger partial charge is 0.494 e. The molecule has 2 aromatic carbocycles. The summed E-state index contributed by atoms with van der Waals surface area (Å²) in [7, 11) is 0. The monoisotopic (exact) mass is 416 g/mol. The fraction of sp³-hybridized carbons (Fsp3) is 0.348. The van der Waals surface area contributed by atoms with Crippen LogP contribution in [0.4, 0.5) is 19.6 Å². The van der Waals surface area contributed by atoms with Gasteiger partial charge in [0.1, 0.15) is 17.4 Å². The summed E-state index contributed by atoms with van der Waals surface area (Å²) in [4.78, 5) is 4.39. The Hall–Kier alpha value is -2.47. The molecule has 6 heteroatoms. The van der Waals surface area contributed by atoms with E-state index in [1.807, 2.05) is 24.3 Å². The first-order chi connectivity index (χ1) is 14.2. The highest BCUT2D eigenvalue weighted by Crippen LogP contribution is 2.29. The smallest absolute Gasteiger partial charge is 0.187 e. The van der Waals surface area contributed by atoms with Gasteiger partial charge in [0.25, 0.3) is 0 Å². The molecular weight excluding hydrogens is 390 g/mol. The molecule has 0 aliphatic heterocycles. The number of aromatic nitrogens is 1. The summed E-state index contributed by atoms with van der Waals surface area (Å²) in [5.74, 6) is -0.371. The highest BCUT2D eigenvalue weighted by Gasteiger charge is 2.10. The third-order valence-corrected chi connectivity index (χ3v) is 5.34. The molecular formula is C23H26F2N2OS. The Morgan fingerprint density at radius 1 is 0.966 bits per heavy atom. The Labute approximate surface area is 174 Å². The van der Waals surface area contributed by atoms with Crippen LogP contribution in [0.15, 0.2) is 47.8 Å². The second kappa shape index (κ2) is 10.9. The SMILES string of the molecule is CCCCCCCCOc1ccc(Nc2nc(-c3ccc(F)cc3F)cs2)cc1. The van der Waals surface area contributed by atoms with Crippen molar-refractivity contribution in [2.24, 2.45) is 0 Å². The maximum Gasteiger partial charge on any atom is 0.187 e. The Morgan fingerprint density at radius 2 is 1.72 bits per heavy atom. The van der Waals surface area contributed by atoms with Gasteiger partial charge < -0.3 is 10.1 Å². The molecule has 0 aliphatic carbocycles. The van der Waals surface area contributed by atoms with E-state index in [1.165, 1.54) is 55.6 Å². The normalized spacial score (nSPS) is 10.9. The van der Waals surface area contributed by atoms with Gasteiger partial charge in [0.2, 0.25) is 0 Å². The van der Waals surface area contributed by atoms with Crippen LogP contribution in [-0.4, -0.2) is 11.6 Å². The van der Waals surface area contributed by atoms with Crippen molar-refractivity contribution in [2.45, 2.75) is 45.4 Å². The van der Waals surface area contributed by atoms with Gasteiger partial charge in [-0.15, -0.1) is 11.3 Å². The van der Waals surface area contributed by atoms with Crippen molar-refractivity contribution in [1.29, 1.82) is 0 Å².